The molecule has 0 unspecified atom stereocenters. The van der Waals surface area contributed by atoms with E-state index in [1.165, 1.54) is 0 Å². The molecule has 2 amide bonds. The second kappa shape index (κ2) is 20.1. The van der Waals surface area contributed by atoms with Gasteiger partial charge in [-0.1, -0.05) is 112 Å². The maximum absolute atomic E-state index is 12.3. The Morgan fingerprint density at radius 3 is 1.40 bits per heavy atom. The van der Waals surface area contributed by atoms with Crippen molar-refractivity contribution in [1.82, 2.24) is 10.9 Å². The summed E-state index contributed by atoms with van der Waals surface area (Å²) in [6.45, 7) is 0.876. The molecule has 0 fully saturated rings. The lowest BCUT2D eigenvalue weighted by Crippen LogP contribution is -2.17. The Bertz CT molecular complexity index is 1510. The number of nitrogens with one attached hydrogen (secondary N) is 2. The first kappa shape index (κ1) is 35.6. The van der Waals surface area contributed by atoms with Gasteiger partial charge in [-0.05, 0) is 60.4 Å². The molecule has 244 valence electrons. The van der Waals surface area contributed by atoms with E-state index in [-0.39, 0.29) is 11.8 Å². The number of hydrogen-bond acceptors (Lipinski definition) is 6. The van der Waals surface area contributed by atoms with E-state index in [4.69, 9.17) is 9.47 Å². The summed E-state index contributed by atoms with van der Waals surface area (Å²) in [7, 11) is 0. The minimum atomic E-state index is -0.140. The van der Waals surface area contributed by atoms with E-state index in [9.17, 15) is 9.59 Å². The van der Waals surface area contributed by atoms with Gasteiger partial charge in [0.2, 0.25) is 11.8 Å². The molecule has 0 spiro atoms. The number of carbonyl (C=O) groups is 2. The van der Waals surface area contributed by atoms with Gasteiger partial charge >= 0.3 is 0 Å². The van der Waals surface area contributed by atoms with Crippen molar-refractivity contribution in [2.75, 3.05) is 0 Å². The number of carbonyl (C=O) groups excluding carboxylic acids is 2. The van der Waals surface area contributed by atoms with E-state index < -0.39 is 0 Å². The molecule has 10 heteroatoms. The van der Waals surface area contributed by atoms with Crippen molar-refractivity contribution in [2.24, 2.45) is 10.2 Å². The SMILES string of the molecule is O=C(CCCCCCCC(=O)N/N=C/c1cc(Br)ccc1OCc1ccccc1)N/N=C/c1cc(Br)ccc1OCc1ccccc1. The first-order valence-corrected chi connectivity index (χ1v) is 17.1. The molecule has 0 atom stereocenters. The Labute approximate surface area is 292 Å². The zero-order chi connectivity index (χ0) is 33.1. The molecule has 2 N–H and O–H groups in total. The summed E-state index contributed by atoms with van der Waals surface area (Å²) in [5.74, 6) is 1.08. The third-order valence-electron chi connectivity index (χ3n) is 7.01. The van der Waals surface area contributed by atoms with Crippen LogP contribution < -0.4 is 20.3 Å². The first-order valence-electron chi connectivity index (χ1n) is 15.5. The topological polar surface area (TPSA) is 101 Å². The summed E-state index contributed by atoms with van der Waals surface area (Å²) in [5, 5.41) is 8.26. The van der Waals surface area contributed by atoms with Crippen molar-refractivity contribution >= 4 is 56.1 Å². The molecule has 0 bridgehead atoms. The van der Waals surface area contributed by atoms with E-state index in [1.807, 2.05) is 97.1 Å². The molecule has 0 saturated carbocycles. The fraction of sp³-hybridized carbons (Fsp3) is 0.243. The molecule has 4 aromatic carbocycles. The van der Waals surface area contributed by atoms with Gasteiger partial charge in [0.25, 0.3) is 0 Å². The molecule has 0 saturated heterocycles. The van der Waals surface area contributed by atoms with Crippen LogP contribution in [-0.2, 0) is 22.8 Å². The molecule has 4 aromatic rings. The Morgan fingerprint density at radius 1 is 0.574 bits per heavy atom. The number of hydrogen-bond donors (Lipinski definition) is 2. The highest BCUT2D eigenvalue weighted by Gasteiger charge is 2.07. The van der Waals surface area contributed by atoms with Crippen LogP contribution in [0.1, 0.15) is 67.2 Å². The standard InChI is InChI=1S/C37H38Br2N4O4/c38-32-18-20-34(46-26-28-12-6-4-7-13-28)30(22-32)24-40-42-36(44)16-10-2-1-3-11-17-37(45)43-41-25-31-23-33(39)19-21-35(31)47-27-29-14-8-5-9-15-29/h4-9,12-15,18-25H,1-3,10-11,16-17,26-27H2,(H,42,44)(H,43,45)/b40-24+,41-25+. The maximum Gasteiger partial charge on any atom is 0.240 e. The quantitative estimate of drug-likeness (QED) is 0.0602. The third kappa shape index (κ3) is 13.5. The van der Waals surface area contributed by atoms with Crippen LogP contribution in [0.25, 0.3) is 0 Å². The highest BCUT2D eigenvalue weighted by atomic mass is 79.9. The van der Waals surface area contributed by atoms with Crippen molar-refractivity contribution in [2.45, 2.75) is 58.2 Å². The van der Waals surface area contributed by atoms with Crippen molar-refractivity contribution < 1.29 is 19.1 Å². The van der Waals surface area contributed by atoms with Crippen molar-refractivity contribution in [3.05, 3.63) is 128 Å². The van der Waals surface area contributed by atoms with Gasteiger partial charge in [-0.3, -0.25) is 9.59 Å². The van der Waals surface area contributed by atoms with Gasteiger partial charge in [0, 0.05) is 32.9 Å². The number of benzene rings is 4. The molecule has 0 heterocycles. The minimum absolute atomic E-state index is 0.140. The zero-order valence-corrected chi connectivity index (χ0v) is 29.2. The number of ether oxygens (including phenoxy) is 2. The molecule has 0 aliphatic heterocycles. The molecule has 0 radical (unpaired) electrons. The number of rotatable bonds is 18. The van der Waals surface area contributed by atoms with E-state index in [0.717, 1.165) is 63.3 Å². The fourth-order valence-electron chi connectivity index (χ4n) is 4.53. The van der Waals surface area contributed by atoms with Gasteiger partial charge in [-0.25, -0.2) is 10.9 Å². The largest absolute Gasteiger partial charge is 0.488 e. The lowest BCUT2D eigenvalue weighted by molar-refractivity contribution is -0.121. The van der Waals surface area contributed by atoms with Crippen LogP contribution in [0.5, 0.6) is 11.5 Å². The van der Waals surface area contributed by atoms with Crippen LogP contribution in [0.4, 0.5) is 0 Å². The lowest BCUT2D eigenvalue weighted by atomic mass is 10.1. The monoisotopic (exact) mass is 760 g/mol. The first-order chi connectivity index (χ1) is 23.0. The number of unbranched alkanes of at least 4 members (excludes halogenated alkanes) is 4. The van der Waals surface area contributed by atoms with Crippen LogP contribution in [0.2, 0.25) is 0 Å². The van der Waals surface area contributed by atoms with Gasteiger partial charge in [-0.2, -0.15) is 10.2 Å². The summed E-state index contributed by atoms with van der Waals surface area (Å²) < 4.78 is 13.7. The lowest BCUT2D eigenvalue weighted by Gasteiger charge is -2.10. The molecule has 0 aliphatic rings. The number of hydrazone groups is 2. The second-order valence-corrected chi connectivity index (χ2v) is 12.6. The van der Waals surface area contributed by atoms with Gasteiger partial charge in [0.15, 0.2) is 0 Å². The highest BCUT2D eigenvalue weighted by molar-refractivity contribution is 9.10. The van der Waals surface area contributed by atoms with Gasteiger partial charge < -0.3 is 9.47 Å². The maximum atomic E-state index is 12.3. The van der Waals surface area contributed by atoms with Crippen molar-refractivity contribution in [1.29, 1.82) is 0 Å². The second-order valence-electron chi connectivity index (χ2n) is 10.8. The average Bonchev–Trinajstić information content (AvgIpc) is 3.08. The smallest absolute Gasteiger partial charge is 0.240 e. The Kier molecular flexibility index (Phi) is 15.2. The minimum Gasteiger partial charge on any atom is -0.488 e. The fourth-order valence-corrected chi connectivity index (χ4v) is 5.29. The van der Waals surface area contributed by atoms with E-state index in [1.54, 1.807) is 12.4 Å². The number of amides is 2. The molecule has 8 nitrogen and oxygen atoms in total. The highest BCUT2D eigenvalue weighted by Crippen LogP contribution is 2.24. The predicted molar refractivity (Wildman–Crippen MR) is 194 cm³/mol. The Hall–Kier alpha value is -4.28. The van der Waals surface area contributed by atoms with E-state index in [2.05, 4.69) is 52.9 Å². The van der Waals surface area contributed by atoms with Crippen molar-refractivity contribution in [3.8, 4) is 11.5 Å². The summed E-state index contributed by atoms with van der Waals surface area (Å²) in [6, 6.07) is 31.2. The summed E-state index contributed by atoms with van der Waals surface area (Å²) in [4.78, 5) is 24.6. The van der Waals surface area contributed by atoms with E-state index >= 15 is 0 Å². The molecule has 0 aromatic heterocycles. The molecular formula is C37H38Br2N4O4. The van der Waals surface area contributed by atoms with Crippen LogP contribution in [0.3, 0.4) is 0 Å². The third-order valence-corrected chi connectivity index (χ3v) is 8.00. The molecular weight excluding hydrogens is 724 g/mol. The summed E-state index contributed by atoms with van der Waals surface area (Å²) in [5.41, 5.74) is 8.86. The van der Waals surface area contributed by atoms with Gasteiger partial charge in [0.05, 0.1) is 12.4 Å². The van der Waals surface area contributed by atoms with Crippen LogP contribution in [0.15, 0.2) is 116 Å². The normalized spacial score (nSPS) is 11.1. The number of halogens is 2. The van der Waals surface area contributed by atoms with Gasteiger partial charge in [-0.15, -0.1) is 0 Å². The Balaban J connectivity index is 1.08. The molecule has 4 rings (SSSR count). The Morgan fingerprint density at radius 2 is 0.979 bits per heavy atom. The van der Waals surface area contributed by atoms with Gasteiger partial charge in [0.1, 0.15) is 24.7 Å². The predicted octanol–water partition coefficient (Wildman–Crippen LogP) is 8.70. The molecule has 47 heavy (non-hydrogen) atoms. The summed E-state index contributed by atoms with van der Waals surface area (Å²) >= 11 is 6.96. The molecule has 0 aliphatic carbocycles. The van der Waals surface area contributed by atoms with Crippen LogP contribution in [-0.4, -0.2) is 24.2 Å². The average molecular weight is 763 g/mol. The van der Waals surface area contributed by atoms with Crippen LogP contribution >= 0.6 is 31.9 Å². The van der Waals surface area contributed by atoms with Crippen molar-refractivity contribution in [3.63, 3.8) is 0 Å². The zero-order valence-electron chi connectivity index (χ0n) is 26.0. The van der Waals surface area contributed by atoms with E-state index in [0.29, 0.717) is 37.6 Å². The number of nitrogens with zero attached hydrogens (tertiary/aromatic N) is 2. The van der Waals surface area contributed by atoms with Crippen LogP contribution in [0, 0.1) is 0 Å². The summed E-state index contributed by atoms with van der Waals surface area (Å²) in [6.07, 6.45) is 8.19.